The van der Waals surface area contributed by atoms with Crippen LogP contribution < -0.4 is 4.74 Å². The second kappa shape index (κ2) is 5.37. The van der Waals surface area contributed by atoms with E-state index in [-0.39, 0.29) is 0 Å². The Morgan fingerprint density at radius 1 is 1.47 bits per heavy atom. The normalized spacial score (nSPS) is 10.5. The van der Waals surface area contributed by atoms with E-state index in [1.807, 2.05) is 12.1 Å². The first-order valence-corrected chi connectivity index (χ1v) is 6.24. The van der Waals surface area contributed by atoms with Gasteiger partial charge in [0.05, 0.1) is 7.11 Å². The van der Waals surface area contributed by atoms with Gasteiger partial charge in [-0.3, -0.25) is 0 Å². The molecule has 0 fully saturated rings. The zero-order valence-corrected chi connectivity index (χ0v) is 11.0. The molecule has 17 heavy (non-hydrogen) atoms. The van der Waals surface area contributed by atoms with Crippen molar-refractivity contribution in [2.45, 2.75) is 10.9 Å². The second-order valence-electron chi connectivity index (χ2n) is 3.33. The van der Waals surface area contributed by atoms with Crippen LogP contribution in [0, 0.1) is 0 Å². The summed E-state index contributed by atoms with van der Waals surface area (Å²) in [4.78, 5) is 0. The monoisotopic (exact) mass is 270 g/mol. The lowest BCUT2D eigenvalue weighted by atomic mass is 10.2. The summed E-state index contributed by atoms with van der Waals surface area (Å²) in [6.45, 7) is 0. The van der Waals surface area contributed by atoms with Gasteiger partial charge in [-0.05, 0) is 28.6 Å². The molecule has 0 spiro atoms. The predicted octanol–water partition coefficient (Wildman–Crippen LogP) is 2.16. The van der Waals surface area contributed by atoms with Crippen LogP contribution in [0.1, 0.15) is 5.56 Å². The van der Waals surface area contributed by atoms with E-state index in [2.05, 4.69) is 15.5 Å². The number of methoxy groups -OCH3 is 1. The van der Waals surface area contributed by atoms with E-state index >= 15 is 0 Å². The van der Waals surface area contributed by atoms with E-state index in [0.717, 1.165) is 16.5 Å². The quantitative estimate of drug-likeness (QED) is 0.797. The first-order chi connectivity index (χ1) is 8.20. The molecule has 0 unspecified atom stereocenters. The minimum atomic E-state index is 0.692. The number of hydrogen-bond acceptors (Lipinski definition) is 5. The van der Waals surface area contributed by atoms with Gasteiger partial charge in [-0.25, -0.2) is 4.68 Å². The minimum Gasteiger partial charge on any atom is -0.496 e. The number of aryl methyl sites for hydroxylation is 1. The van der Waals surface area contributed by atoms with E-state index in [0.29, 0.717) is 10.8 Å². The van der Waals surface area contributed by atoms with Crippen LogP contribution in [0.4, 0.5) is 0 Å². The molecule has 0 radical (unpaired) electrons. The third-order valence-corrected chi connectivity index (χ3v) is 3.47. The highest BCUT2D eigenvalue weighted by Gasteiger charge is 2.08. The molecule has 1 aromatic carbocycles. The van der Waals surface area contributed by atoms with Gasteiger partial charge in [-0.15, -0.1) is 5.10 Å². The molecule has 1 heterocycles. The first kappa shape index (κ1) is 12.2. The summed E-state index contributed by atoms with van der Waals surface area (Å²) < 4.78 is 6.90. The van der Waals surface area contributed by atoms with Crippen LogP contribution in [0.25, 0.3) is 0 Å². The SMILES string of the molecule is COc1ccc(Cl)cc1CSc1nnnn1C. The molecule has 7 heteroatoms. The molecule has 2 aromatic rings. The highest BCUT2D eigenvalue weighted by molar-refractivity contribution is 7.98. The van der Waals surface area contributed by atoms with Crippen molar-refractivity contribution in [3.8, 4) is 5.75 Å². The number of thioether (sulfide) groups is 1. The molecule has 0 atom stereocenters. The zero-order chi connectivity index (χ0) is 12.3. The predicted molar refractivity (Wildman–Crippen MR) is 66.4 cm³/mol. The minimum absolute atomic E-state index is 0.692. The standard InChI is InChI=1S/C10H11ClN4OS/c1-15-10(12-13-14-15)17-6-7-5-8(11)3-4-9(7)16-2/h3-5H,6H2,1-2H3. The van der Waals surface area contributed by atoms with Crippen LogP contribution in [-0.2, 0) is 12.8 Å². The van der Waals surface area contributed by atoms with Crippen molar-refractivity contribution < 1.29 is 4.74 Å². The molecule has 0 saturated heterocycles. The van der Waals surface area contributed by atoms with Crippen molar-refractivity contribution in [1.82, 2.24) is 20.2 Å². The van der Waals surface area contributed by atoms with Crippen LogP contribution in [0.2, 0.25) is 5.02 Å². The summed E-state index contributed by atoms with van der Waals surface area (Å²) in [7, 11) is 3.44. The van der Waals surface area contributed by atoms with Crippen molar-refractivity contribution in [1.29, 1.82) is 0 Å². The van der Waals surface area contributed by atoms with Gasteiger partial charge in [0.1, 0.15) is 5.75 Å². The zero-order valence-electron chi connectivity index (χ0n) is 9.42. The Bertz CT molecular complexity index is 517. The highest BCUT2D eigenvalue weighted by atomic mass is 35.5. The van der Waals surface area contributed by atoms with Crippen molar-refractivity contribution in [3.05, 3.63) is 28.8 Å². The van der Waals surface area contributed by atoms with Crippen LogP contribution in [-0.4, -0.2) is 27.3 Å². The summed E-state index contributed by atoms with van der Waals surface area (Å²) in [6, 6.07) is 5.54. The molecule has 0 bridgehead atoms. The molecular formula is C10H11ClN4OS. The number of nitrogens with zero attached hydrogens (tertiary/aromatic N) is 4. The molecule has 0 saturated carbocycles. The van der Waals surface area contributed by atoms with Gasteiger partial charge in [0, 0.05) is 23.4 Å². The summed E-state index contributed by atoms with van der Waals surface area (Å²) >= 11 is 7.49. The molecule has 0 amide bonds. The number of rotatable bonds is 4. The molecule has 0 aliphatic heterocycles. The fourth-order valence-corrected chi connectivity index (χ4v) is 2.37. The van der Waals surface area contributed by atoms with Crippen molar-refractivity contribution in [2.24, 2.45) is 7.05 Å². The Labute approximate surface area is 108 Å². The van der Waals surface area contributed by atoms with Crippen LogP contribution in [0.15, 0.2) is 23.4 Å². The fourth-order valence-electron chi connectivity index (χ4n) is 1.35. The number of hydrogen-bond donors (Lipinski definition) is 0. The maximum absolute atomic E-state index is 5.96. The Kier molecular flexibility index (Phi) is 3.86. The van der Waals surface area contributed by atoms with E-state index < -0.39 is 0 Å². The third kappa shape index (κ3) is 2.89. The average Bonchev–Trinajstić information content (AvgIpc) is 2.72. The summed E-state index contributed by atoms with van der Waals surface area (Å²) in [5.41, 5.74) is 1.02. The lowest BCUT2D eigenvalue weighted by Crippen LogP contribution is -1.95. The molecule has 5 nitrogen and oxygen atoms in total. The van der Waals surface area contributed by atoms with E-state index in [1.165, 1.54) is 11.8 Å². The van der Waals surface area contributed by atoms with Crippen LogP contribution >= 0.6 is 23.4 Å². The van der Waals surface area contributed by atoms with Gasteiger partial charge in [0.2, 0.25) is 5.16 Å². The van der Waals surface area contributed by atoms with E-state index in [1.54, 1.807) is 24.9 Å². The summed E-state index contributed by atoms with van der Waals surface area (Å²) in [5, 5.41) is 12.7. The Hall–Kier alpha value is -1.27. The van der Waals surface area contributed by atoms with E-state index in [4.69, 9.17) is 16.3 Å². The molecule has 0 N–H and O–H groups in total. The molecule has 1 aromatic heterocycles. The average molecular weight is 271 g/mol. The highest BCUT2D eigenvalue weighted by Crippen LogP contribution is 2.28. The Balaban J connectivity index is 2.13. The van der Waals surface area contributed by atoms with Gasteiger partial charge in [-0.2, -0.15) is 0 Å². The molecular weight excluding hydrogens is 260 g/mol. The second-order valence-corrected chi connectivity index (χ2v) is 4.71. The number of tetrazole rings is 1. The molecule has 2 rings (SSSR count). The molecule has 90 valence electrons. The molecule has 0 aliphatic carbocycles. The van der Waals surface area contributed by atoms with Gasteiger partial charge in [0.25, 0.3) is 0 Å². The summed E-state index contributed by atoms with van der Waals surface area (Å²) in [6.07, 6.45) is 0. The van der Waals surface area contributed by atoms with Gasteiger partial charge < -0.3 is 4.74 Å². The summed E-state index contributed by atoms with van der Waals surface area (Å²) in [5.74, 6) is 1.52. The first-order valence-electron chi connectivity index (χ1n) is 4.88. The smallest absolute Gasteiger partial charge is 0.209 e. The number of halogens is 1. The Morgan fingerprint density at radius 2 is 2.29 bits per heavy atom. The van der Waals surface area contributed by atoms with Crippen LogP contribution in [0.5, 0.6) is 5.75 Å². The maximum Gasteiger partial charge on any atom is 0.209 e. The number of aromatic nitrogens is 4. The van der Waals surface area contributed by atoms with Gasteiger partial charge >= 0.3 is 0 Å². The number of ether oxygens (including phenoxy) is 1. The topological polar surface area (TPSA) is 52.8 Å². The van der Waals surface area contributed by atoms with E-state index in [9.17, 15) is 0 Å². The Morgan fingerprint density at radius 3 is 2.94 bits per heavy atom. The molecule has 0 aliphatic rings. The van der Waals surface area contributed by atoms with Crippen molar-refractivity contribution in [2.75, 3.05) is 7.11 Å². The maximum atomic E-state index is 5.96. The fraction of sp³-hybridized carbons (Fsp3) is 0.300. The van der Waals surface area contributed by atoms with Gasteiger partial charge in [-0.1, -0.05) is 23.4 Å². The lowest BCUT2D eigenvalue weighted by Gasteiger charge is -2.07. The number of benzene rings is 1. The van der Waals surface area contributed by atoms with Crippen molar-refractivity contribution in [3.63, 3.8) is 0 Å². The van der Waals surface area contributed by atoms with Crippen molar-refractivity contribution >= 4 is 23.4 Å². The van der Waals surface area contributed by atoms with Gasteiger partial charge in [0.15, 0.2) is 0 Å². The lowest BCUT2D eigenvalue weighted by molar-refractivity contribution is 0.411. The van der Waals surface area contributed by atoms with Crippen LogP contribution in [0.3, 0.4) is 0 Å². The largest absolute Gasteiger partial charge is 0.496 e. The third-order valence-electron chi connectivity index (χ3n) is 2.18.